The summed E-state index contributed by atoms with van der Waals surface area (Å²) in [5.41, 5.74) is 1.90. The fourth-order valence-electron chi connectivity index (χ4n) is 2.57. The Labute approximate surface area is 147 Å². The zero-order valence-electron chi connectivity index (χ0n) is 13.0. The highest BCUT2D eigenvalue weighted by Crippen LogP contribution is 2.30. The van der Waals surface area contributed by atoms with E-state index in [9.17, 15) is 4.79 Å². The van der Waals surface area contributed by atoms with Gasteiger partial charge in [0.25, 0.3) is 5.56 Å². The lowest BCUT2D eigenvalue weighted by Crippen LogP contribution is -2.17. The number of hydrogen-bond donors (Lipinski definition) is 1. The molecule has 4 aromatic rings. The second-order valence-corrected chi connectivity index (χ2v) is 6.52. The van der Waals surface area contributed by atoms with E-state index in [-0.39, 0.29) is 5.56 Å². The highest BCUT2D eigenvalue weighted by molar-refractivity contribution is 7.99. The molecule has 120 valence electrons. The third-order valence-electron chi connectivity index (χ3n) is 3.80. The molecule has 1 N–H and O–H groups in total. The zero-order valence-corrected chi connectivity index (χ0v) is 13.8. The standard InChI is InChI=1S/C19H12N4OS/c20-10-14-11-21-18-17(12-22-23(18)19(14)24)13-6-8-16(9-7-13)25-15-4-2-1-3-5-15/h1-9,11-12,22H. The van der Waals surface area contributed by atoms with Crippen molar-refractivity contribution >= 4 is 17.4 Å². The van der Waals surface area contributed by atoms with Crippen LogP contribution in [0.3, 0.4) is 0 Å². The molecule has 0 aliphatic heterocycles. The molecule has 0 radical (unpaired) electrons. The van der Waals surface area contributed by atoms with Crippen molar-refractivity contribution < 1.29 is 0 Å². The van der Waals surface area contributed by atoms with Gasteiger partial charge in [-0.25, -0.2) is 4.98 Å². The Bertz CT molecular complexity index is 1140. The highest BCUT2D eigenvalue weighted by Gasteiger charge is 2.11. The van der Waals surface area contributed by atoms with Crippen molar-refractivity contribution in [2.75, 3.05) is 0 Å². The van der Waals surface area contributed by atoms with Crippen molar-refractivity contribution in [3.8, 4) is 17.2 Å². The number of aromatic amines is 1. The molecule has 6 heteroatoms. The van der Waals surface area contributed by atoms with Crippen LogP contribution in [-0.2, 0) is 0 Å². The van der Waals surface area contributed by atoms with E-state index in [2.05, 4.69) is 22.2 Å². The van der Waals surface area contributed by atoms with Crippen LogP contribution >= 0.6 is 11.8 Å². The number of nitrogens with one attached hydrogen (secondary N) is 1. The van der Waals surface area contributed by atoms with Crippen molar-refractivity contribution in [1.29, 1.82) is 5.26 Å². The van der Waals surface area contributed by atoms with Crippen LogP contribution in [0.15, 0.2) is 81.6 Å². The summed E-state index contributed by atoms with van der Waals surface area (Å²) >= 11 is 1.69. The predicted molar refractivity (Wildman–Crippen MR) is 96.5 cm³/mol. The Hall–Kier alpha value is -3.30. The van der Waals surface area contributed by atoms with E-state index in [0.717, 1.165) is 16.0 Å². The van der Waals surface area contributed by atoms with Gasteiger partial charge < -0.3 is 0 Å². The molecule has 0 unspecified atom stereocenters. The maximum absolute atomic E-state index is 12.1. The molecule has 0 atom stereocenters. The van der Waals surface area contributed by atoms with Crippen LogP contribution < -0.4 is 5.56 Å². The molecule has 0 aliphatic rings. The molecule has 4 rings (SSSR count). The molecule has 25 heavy (non-hydrogen) atoms. The van der Waals surface area contributed by atoms with Crippen molar-refractivity contribution in [1.82, 2.24) is 14.6 Å². The summed E-state index contributed by atoms with van der Waals surface area (Å²) in [5, 5.41) is 11.8. The maximum atomic E-state index is 12.1. The minimum Gasteiger partial charge on any atom is -0.296 e. The first-order chi connectivity index (χ1) is 12.3. The van der Waals surface area contributed by atoms with Crippen LogP contribution in [0.1, 0.15) is 5.56 Å². The lowest BCUT2D eigenvalue weighted by molar-refractivity contribution is 0.893. The molecule has 0 spiro atoms. The fraction of sp³-hybridized carbons (Fsp3) is 0. The Morgan fingerprint density at radius 3 is 2.48 bits per heavy atom. The summed E-state index contributed by atoms with van der Waals surface area (Å²) in [6.07, 6.45) is 3.04. The molecule has 0 bridgehead atoms. The SMILES string of the molecule is N#Cc1cnc2c(-c3ccc(Sc4ccccc4)cc3)c[nH]n2c1=O. The average molecular weight is 344 g/mol. The van der Waals surface area contributed by atoms with Crippen LogP contribution in [0.5, 0.6) is 0 Å². The summed E-state index contributed by atoms with van der Waals surface area (Å²) in [7, 11) is 0. The maximum Gasteiger partial charge on any atom is 0.290 e. The van der Waals surface area contributed by atoms with Gasteiger partial charge >= 0.3 is 0 Å². The number of benzene rings is 2. The average Bonchev–Trinajstić information content (AvgIpc) is 3.09. The number of rotatable bonds is 3. The zero-order chi connectivity index (χ0) is 17.2. The quantitative estimate of drug-likeness (QED) is 0.615. The summed E-state index contributed by atoms with van der Waals surface area (Å²) in [5.74, 6) is 0. The van der Waals surface area contributed by atoms with Gasteiger partial charge in [0.1, 0.15) is 11.6 Å². The van der Waals surface area contributed by atoms with E-state index in [0.29, 0.717) is 5.65 Å². The molecule has 0 fully saturated rings. The second kappa shape index (κ2) is 6.30. The van der Waals surface area contributed by atoms with Crippen LogP contribution in [0, 0.1) is 11.3 Å². The van der Waals surface area contributed by atoms with Gasteiger partial charge in [-0.1, -0.05) is 42.1 Å². The van der Waals surface area contributed by atoms with Gasteiger partial charge in [0.2, 0.25) is 0 Å². The number of H-pyrrole nitrogens is 1. The first-order valence-electron chi connectivity index (χ1n) is 7.59. The fourth-order valence-corrected chi connectivity index (χ4v) is 3.41. The molecule has 0 saturated carbocycles. The molecular formula is C19H12N4OS. The summed E-state index contributed by atoms with van der Waals surface area (Å²) in [6, 6.07) is 20.1. The highest BCUT2D eigenvalue weighted by atomic mass is 32.2. The van der Waals surface area contributed by atoms with E-state index in [4.69, 9.17) is 5.26 Å². The van der Waals surface area contributed by atoms with E-state index < -0.39 is 5.56 Å². The molecule has 5 nitrogen and oxygen atoms in total. The smallest absolute Gasteiger partial charge is 0.290 e. The van der Waals surface area contributed by atoms with Gasteiger partial charge in [-0.05, 0) is 29.8 Å². The third-order valence-corrected chi connectivity index (χ3v) is 4.82. The largest absolute Gasteiger partial charge is 0.296 e. The van der Waals surface area contributed by atoms with Crippen molar-refractivity contribution in [2.24, 2.45) is 0 Å². The van der Waals surface area contributed by atoms with E-state index in [1.807, 2.05) is 48.5 Å². The lowest BCUT2D eigenvalue weighted by atomic mass is 10.1. The predicted octanol–water partition coefficient (Wildman–Crippen LogP) is 3.71. The number of hydrogen-bond acceptors (Lipinski definition) is 4. The molecule has 0 amide bonds. The van der Waals surface area contributed by atoms with Gasteiger partial charge in [-0.3, -0.25) is 9.89 Å². The summed E-state index contributed by atoms with van der Waals surface area (Å²) in [6.45, 7) is 0. The van der Waals surface area contributed by atoms with E-state index >= 15 is 0 Å². The Morgan fingerprint density at radius 2 is 1.76 bits per heavy atom. The van der Waals surface area contributed by atoms with Gasteiger partial charge in [0.15, 0.2) is 5.65 Å². The normalized spacial score (nSPS) is 10.7. The summed E-state index contributed by atoms with van der Waals surface area (Å²) < 4.78 is 1.29. The van der Waals surface area contributed by atoms with E-state index in [1.54, 1.807) is 18.0 Å². The number of nitriles is 1. The molecule has 0 saturated heterocycles. The minimum absolute atomic E-state index is 0.0144. The molecule has 2 aromatic carbocycles. The first-order valence-corrected chi connectivity index (χ1v) is 8.40. The lowest BCUT2D eigenvalue weighted by Gasteiger charge is -2.03. The molecule has 2 aromatic heterocycles. The number of aromatic nitrogens is 3. The molecular weight excluding hydrogens is 332 g/mol. The van der Waals surface area contributed by atoms with Gasteiger partial charge in [-0.15, -0.1) is 0 Å². The van der Waals surface area contributed by atoms with Crippen LogP contribution in [0.25, 0.3) is 16.8 Å². The monoisotopic (exact) mass is 344 g/mol. The van der Waals surface area contributed by atoms with Gasteiger partial charge in [-0.2, -0.15) is 9.78 Å². The molecule has 2 heterocycles. The second-order valence-electron chi connectivity index (χ2n) is 5.37. The number of nitrogens with zero attached hydrogens (tertiary/aromatic N) is 3. The van der Waals surface area contributed by atoms with E-state index in [1.165, 1.54) is 15.6 Å². The first kappa shape index (κ1) is 15.2. The minimum atomic E-state index is -0.394. The summed E-state index contributed by atoms with van der Waals surface area (Å²) in [4.78, 5) is 18.7. The van der Waals surface area contributed by atoms with Crippen LogP contribution in [0.4, 0.5) is 0 Å². The Morgan fingerprint density at radius 1 is 1.04 bits per heavy atom. The number of fused-ring (bicyclic) bond motifs is 1. The van der Waals surface area contributed by atoms with Crippen molar-refractivity contribution in [2.45, 2.75) is 9.79 Å². The topological polar surface area (TPSA) is 73.9 Å². The van der Waals surface area contributed by atoms with Crippen LogP contribution in [0.2, 0.25) is 0 Å². The van der Waals surface area contributed by atoms with Crippen LogP contribution in [-0.4, -0.2) is 14.6 Å². The van der Waals surface area contributed by atoms with Crippen molar-refractivity contribution in [3.63, 3.8) is 0 Å². The van der Waals surface area contributed by atoms with Crippen molar-refractivity contribution in [3.05, 3.63) is 82.9 Å². The van der Waals surface area contributed by atoms with Gasteiger partial charge in [0.05, 0.1) is 6.20 Å². The molecule has 0 aliphatic carbocycles. The third kappa shape index (κ3) is 2.82. The van der Waals surface area contributed by atoms with Gasteiger partial charge in [0, 0.05) is 21.6 Å². The Balaban J connectivity index is 1.69. The Kier molecular flexibility index (Phi) is 3.84.